The SMILES string of the molecule is C=CCC/C=C/C(Cc1c(C(=C)OCCC=C)ccc(O)c1Cl)=N\OCC(C)=O. The third-order valence-electron chi connectivity index (χ3n) is 3.78. The summed E-state index contributed by atoms with van der Waals surface area (Å²) in [5.41, 5.74) is 1.81. The molecule has 6 heteroatoms. The molecule has 0 saturated heterocycles. The van der Waals surface area contributed by atoms with Crippen LogP contribution < -0.4 is 0 Å². The van der Waals surface area contributed by atoms with Crippen molar-refractivity contribution in [2.45, 2.75) is 32.6 Å². The Bertz CT molecular complexity index is 796. The second kappa shape index (κ2) is 13.4. The third kappa shape index (κ3) is 8.83. The van der Waals surface area contributed by atoms with Gasteiger partial charge in [-0.05, 0) is 50.0 Å². The lowest BCUT2D eigenvalue weighted by molar-refractivity contribution is -0.121. The molecule has 156 valence electrons. The van der Waals surface area contributed by atoms with Crippen molar-refractivity contribution in [2.75, 3.05) is 13.2 Å². The molecule has 0 fully saturated rings. The quantitative estimate of drug-likeness (QED) is 0.140. The number of Topliss-reactive ketones (excluding diaryl/α,β-unsaturated/α-hetero) is 1. The average Bonchev–Trinajstić information content (AvgIpc) is 2.68. The van der Waals surface area contributed by atoms with Crippen LogP contribution in [-0.4, -0.2) is 29.8 Å². The lowest BCUT2D eigenvalue weighted by Gasteiger charge is -2.15. The number of carbonyl (C=O) groups excluding carboxylic acids is 1. The van der Waals surface area contributed by atoms with Crippen molar-refractivity contribution in [1.82, 2.24) is 0 Å². The van der Waals surface area contributed by atoms with Crippen LogP contribution in [0.25, 0.3) is 5.76 Å². The summed E-state index contributed by atoms with van der Waals surface area (Å²) in [6.45, 7) is 13.1. The van der Waals surface area contributed by atoms with Crippen LogP contribution in [0.1, 0.15) is 37.3 Å². The number of aromatic hydroxyl groups is 1. The van der Waals surface area contributed by atoms with Gasteiger partial charge in [-0.2, -0.15) is 0 Å². The van der Waals surface area contributed by atoms with Gasteiger partial charge in [0.05, 0.1) is 17.3 Å². The van der Waals surface area contributed by atoms with Crippen molar-refractivity contribution in [3.63, 3.8) is 0 Å². The normalized spacial score (nSPS) is 11.3. The van der Waals surface area contributed by atoms with Crippen molar-refractivity contribution in [2.24, 2.45) is 5.16 Å². The highest BCUT2D eigenvalue weighted by Crippen LogP contribution is 2.33. The van der Waals surface area contributed by atoms with Crippen molar-refractivity contribution < 1.29 is 19.5 Å². The molecule has 0 radical (unpaired) electrons. The van der Waals surface area contributed by atoms with Gasteiger partial charge in [0, 0.05) is 12.0 Å². The van der Waals surface area contributed by atoms with Gasteiger partial charge in [-0.3, -0.25) is 4.79 Å². The number of benzene rings is 1. The molecule has 0 aliphatic heterocycles. The molecule has 0 unspecified atom stereocenters. The Balaban J connectivity index is 3.17. The van der Waals surface area contributed by atoms with E-state index in [1.54, 1.807) is 18.2 Å². The van der Waals surface area contributed by atoms with Crippen molar-refractivity contribution in [3.8, 4) is 5.75 Å². The number of allylic oxidation sites excluding steroid dienone is 3. The second-order valence-corrected chi connectivity index (χ2v) is 6.65. The zero-order valence-corrected chi connectivity index (χ0v) is 17.6. The largest absolute Gasteiger partial charge is 0.506 e. The summed E-state index contributed by atoms with van der Waals surface area (Å²) in [7, 11) is 0. The Morgan fingerprint density at radius 3 is 2.62 bits per heavy atom. The molecule has 1 aromatic rings. The first kappa shape index (κ1) is 24.2. The Morgan fingerprint density at radius 2 is 1.97 bits per heavy atom. The Morgan fingerprint density at radius 1 is 1.24 bits per heavy atom. The number of oxime groups is 1. The van der Waals surface area contributed by atoms with Gasteiger partial charge in [0.1, 0.15) is 11.5 Å². The first-order chi connectivity index (χ1) is 13.9. The van der Waals surface area contributed by atoms with Gasteiger partial charge >= 0.3 is 0 Å². The van der Waals surface area contributed by atoms with E-state index in [0.717, 1.165) is 12.8 Å². The fraction of sp³-hybridized carbons (Fsp3) is 0.304. The monoisotopic (exact) mass is 417 g/mol. The molecular formula is C23H28ClNO4. The summed E-state index contributed by atoms with van der Waals surface area (Å²) in [4.78, 5) is 16.3. The first-order valence-corrected chi connectivity index (χ1v) is 9.67. The van der Waals surface area contributed by atoms with Crippen molar-refractivity contribution in [3.05, 3.63) is 72.3 Å². The molecule has 0 aliphatic rings. The molecule has 0 saturated carbocycles. The van der Waals surface area contributed by atoms with Crippen molar-refractivity contribution >= 4 is 28.9 Å². The highest BCUT2D eigenvalue weighted by molar-refractivity contribution is 6.33. The number of phenolic OH excluding ortho intramolecular Hbond substituents is 1. The van der Waals surface area contributed by atoms with Crippen LogP contribution in [0.4, 0.5) is 0 Å². The van der Waals surface area contributed by atoms with Gasteiger partial charge < -0.3 is 14.7 Å². The second-order valence-electron chi connectivity index (χ2n) is 6.28. The van der Waals surface area contributed by atoms with Crippen LogP contribution in [0.2, 0.25) is 5.02 Å². The van der Waals surface area contributed by atoms with Gasteiger partial charge in [0.15, 0.2) is 12.4 Å². The van der Waals surface area contributed by atoms with E-state index in [2.05, 4.69) is 24.9 Å². The molecule has 29 heavy (non-hydrogen) atoms. The highest BCUT2D eigenvalue weighted by Gasteiger charge is 2.16. The van der Waals surface area contributed by atoms with Gasteiger partial charge in [0.2, 0.25) is 0 Å². The molecular weight excluding hydrogens is 390 g/mol. The summed E-state index contributed by atoms with van der Waals surface area (Å²) in [5, 5.41) is 14.3. The number of unbranched alkanes of at least 4 members (excludes halogenated alkanes) is 1. The van der Waals surface area contributed by atoms with Crippen LogP contribution >= 0.6 is 11.6 Å². The van der Waals surface area contributed by atoms with E-state index in [4.69, 9.17) is 21.2 Å². The maximum absolute atomic E-state index is 11.1. The number of hydrogen-bond donors (Lipinski definition) is 1. The number of ether oxygens (including phenoxy) is 1. The fourth-order valence-corrected chi connectivity index (χ4v) is 2.56. The number of ketones is 1. The van der Waals surface area contributed by atoms with Gasteiger partial charge in [-0.25, -0.2) is 0 Å². The third-order valence-corrected chi connectivity index (χ3v) is 4.20. The molecule has 0 aromatic heterocycles. The van der Waals surface area contributed by atoms with E-state index < -0.39 is 0 Å². The van der Waals surface area contributed by atoms with Crippen LogP contribution in [0.15, 0.2) is 61.3 Å². The minimum absolute atomic E-state index is 0.0519. The summed E-state index contributed by atoms with van der Waals surface area (Å²) in [5.74, 6) is 0.246. The summed E-state index contributed by atoms with van der Waals surface area (Å²) < 4.78 is 5.66. The summed E-state index contributed by atoms with van der Waals surface area (Å²) >= 11 is 6.37. The minimum Gasteiger partial charge on any atom is -0.506 e. The van der Waals surface area contributed by atoms with Gasteiger partial charge in [0.25, 0.3) is 0 Å². The minimum atomic E-state index is -0.135. The predicted octanol–water partition coefficient (Wildman–Crippen LogP) is 5.64. The highest BCUT2D eigenvalue weighted by atomic mass is 35.5. The molecule has 0 bridgehead atoms. The molecule has 1 rings (SSSR count). The predicted molar refractivity (Wildman–Crippen MR) is 119 cm³/mol. The molecule has 0 atom stereocenters. The van der Waals surface area contributed by atoms with E-state index in [9.17, 15) is 9.90 Å². The molecule has 0 aliphatic carbocycles. The smallest absolute Gasteiger partial charge is 0.174 e. The van der Waals surface area contributed by atoms with E-state index in [1.165, 1.54) is 13.0 Å². The van der Waals surface area contributed by atoms with Gasteiger partial charge in [-0.15, -0.1) is 13.2 Å². The van der Waals surface area contributed by atoms with Crippen LogP contribution in [0.3, 0.4) is 0 Å². The maximum atomic E-state index is 11.1. The van der Waals surface area contributed by atoms with Crippen LogP contribution in [-0.2, 0) is 20.8 Å². The lowest BCUT2D eigenvalue weighted by Crippen LogP contribution is -2.08. The van der Waals surface area contributed by atoms with Crippen LogP contribution in [0.5, 0.6) is 5.75 Å². The summed E-state index contributed by atoms with van der Waals surface area (Å²) in [6.07, 6.45) is 9.86. The maximum Gasteiger partial charge on any atom is 0.174 e. The summed E-state index contributed by atoms with van der Waals surface area (Å²) in [6, 6.07) is 3.19. The van der Waals surface area contributed by atoms with E-state index >= 15 is 0 Å². The number of rotatable bonds is 14. The zero-order chi connectivity index (χ0) is 21.6. The number of nitrogens with zero attached hydrogens (tertiary/aromatic N) is 1. The number of hydrogen-bond acceptors (Lipinski definition) is 5. The topological polar surface area (TPSA) is 68.1 Å². The molecule has 0 amide bonds. The molecule has 1 N–H and O–H groups in total. The first-order valence-electron chi connectivity index (χ1n) is 9.29. The Hall–Kier alpha value is -2.79. The van der Waals surface area contributed by atoms with E-state index in [1.807, 2.05) is 12.2 Å². The van der Waals surface area contributed by atoms with E-state index in [-0.39, 0.29) is 29.6 Å². The van der Waals surface area contributed by atoms with Gasteiger partial charge in [-0.1, -0.05) is 41.6 Å². The molecule has 5 nitrogen and oxygen atoms in total. The Kier molecular flexibility index (Phi) is 11.2. The molecule has 1 aromatic carbocycles. The number of carbonyl (C=O) groups is 1. The molecule has 0 heterocycles. The fourth-order valence-electron chi connectivity index (χ4n) is 2.33. The standard InChI is InChI=1S/C23H28ClNO4/c1-5-7-9-10-11-19(25-29-16-17(3)26)15-21-20(12-13-22(27)23(21)24)18(4)28-14-8-6-2/h5-6,10-13,27H,1-2,4,7-9,14-16H2,3H3/b11-10+,25-19+. The average molecular weight is 418 g/mol. The lowest BCUT2D eigenvalue weighted by atomic mass is 9.99. The van der Waals surface area contributed by atoms with E-state index in [0.29, 0.717) is 35.6 Å². The van der Waals surface area contributed by atoms with Crippen molar-refractivity contribution in [1.29, 1.82) is 0 Å². The number of phenols is 1. The molecule has 0 spiro atoms. The number of halogens is 1. The van der Waals surface area contributed by atoms with Crippen LogP contribution in [0, 0.1) is 0 Å². The zero-order valence-electron chi connectivity index (χ0n) is 16.8. The Labute approximate surface area is 177 Å².